The Hall–Kier alpha value is -2.74. The van der Waals surface area contributed by atoms with Crippen molar-refractivity contribution in [2.24, 2.45) is 0 Å². The van der Waals surface area contributed by atoms with E-state index >= 15 is 0 Å². The average Bonchev–Trinajstić information content (AvgIpc) is 2.61. The molecule has 1 aromatic heterocycles. The molecule has 1 aromatic carbocycles. The number of nitro benzene ring substituents is 1. The molecule has 1 aliphatic heterocycles. The number of carbonyl (C=O) groups excluding carboxylic acids is 1. The normalized spacial score (nSPS) is 14.6. The first-order valence-corrected chi connectivity index (χ1v) is 8.21. The minimum Gasteiger partial charge on any atom is -0.365 e. The van der Waals surface area contributed by atoms with Gasteiger partial charge in [-0.2, -0.15) is 0 Å². The van der Waals surface area contributed by atoms with Crippen molar-refractivity contribution in [2.45, 2.75) is 6.92 Å². The Morgan fingerprint density at radius 2 is 2.08 bits per heavy atom. The van der Waals surface area contributed by atoms with Crippen LogP contribution < -0.4 is 10.2 Å². The van der Waals surface area contributed by atoms with Crippen molar-refractivity contribution in [1.82, 2.24) is 15.2 Å². The molecule has 8 heteroatoms. The molecule has 2 aromatic rings. The zero-order valence-electron chi connectivity index (χ0n) is 14.4. The standard InChI is InChI=1S/C17H21N5O3/c1-12-9-16(14-10-13(22(24)25)3-4-15(14)19-12)20(2)11-17(23)21-7-5-18-6-8-21/h3-4,9-10,18H,5-8,11H2,1-2H3. The number of carbonyl (C=O) groups is 1. The van der Waals surface area contributed by atoms with Crippen LogP contribution in [0.2, 0.25) is 0 Å². The Bertz CT molecular complexity index is 817. The number of likely N-dealkylation sites (N-methyl/N-ethyl adjacent to an activating group) is 1. The number of aromatic nitrogens is 1. The van der Waals surface area contributed by atoms with Crippen LogP contribution in [0.3, 0.4) is 0 Å². The number of amides is 1. The third-order valence-corrected chi connectivity index (χ3v) is 4.36. The van der Waals surface area contributed by atoms with Crippen molar-refractivity contribution in [3.8, 4) is 0 Å². The Morgan fingerprint density at radius 3 is 2.76 bits per heavy atom. The van der Waals surface area contributed by atoms with Crippen molar-refractivity contribution >= 4 is 28.2 Å². The van der Waals surface area contributed by atoms with Crippen LogP contribution in [-0.2, 0) is 4.79 Å². The second kappa shape index (κ2) is 7.02. The van der Waals surface area contributed by atoms with Gasteiger partial charge < -0.3 is 15.1 Å². The van der Waals surface area contributed by atoms with Gasteiger partial charge in [0.2, 0.25) is 5.91 Å². The fourth-order valence-corrected chi connectivity index (χ4v) is 3.06. The highest BCUT2D eigenvalue weighted by Crippen LogP contribution is 2.29. The summed E-state index contributed by atoms with van der Waals surface area (Å²) in [6, 6.07) is 6.47. The van der Waals surface area contributed by atoms with E-state index in [0.717, 1.165) is 24.5 Å². The van der Waals surface area contributed by atoms with Crippen LogP contribution in [0.25, 0.3) is 10.9 Å². The highest BCUT2D eigenvalue weighted by atomic mass is 16.6. The van der Waals surface area contributed by atoms with E-state index in [1.165, 1.54) is 12.1 Å². The van der Waals surface area contributed by atoms with Crippen molar-refractivity contribution in [2.75, 3.05) is 44.7 Å². The van der Waals surface area contributed by atoms with Gasteiger partial charge in [0, 0.05) is 62.1 Å². The number of hydrogen-bond donors (Lipinski definition) is 1. The van der Waals surface area contributed by atoms with E-state index in [1.807, 2.05) is 29.8 Å². The van der Waals surface area contributed by atoms with E-state index in [0.29, 0.717) is 24.0 Å². The van der Waals surface area contributed by atoms with Gasteiger partial charge in [-0.1, -0.05) is 0 Å². The summed E-state index contributed by atoms with van der Waals surface area (Å²) in [6.07, 6.45) is 0. The van der Waals surface area contributed by atoms with Crippen LogP contribution in [0.4, 0.5) is 11.4 Å². The zero-order valence-corrected chi connectivity index (χ0v) is 14.4. The Kier molecular flexibility index (Phi) is 4.80. The fourth-order valence-electron chi connectivity index (χ4n) is 3.06. The molecule has 0 spiro atoms. The molecule has 0 saturated carbocycles. The lowest BCUT2D eigenvalue weighted by molar-refractivity contribution is -0.384. The zero-order chi connectivity index (χ0) is 18.0. The smallest absolute Gasteiger partial charge is 0.270 e. The van der Waals surface area contributed by atoms with Crippen LogP contribution in [0.1, 0.15) is 5.69 Å². The molecule has 0 unspecified atom stereocenters. The number of anilines is 1. The Morgan fingerprint density at radius 1 is 1.36 bits per heavy atom. The van der Waals surface area contributed by atoms with Crippen molar-refractivity contribution in [3.05, 3.63) is 40.1 Å². The number of nitrogens with zero attached hydrogens (tertiary/aromatic N) is 4. The summed E-state index contributed by atoms with van der Waals surface area (Å²) >= 11 is 0. The summed E-state index contributed by atoms with van der Waals surface area (Å²) in [5.74, 6) is 0.0528. The van der Waals surface area contributed by atoms with Crippen molar-refractivity contribution in [3.63, 3.8) is 0 Å². The number of piperazine rings is 1. The van der Waals surface area contributed by atoms with Gasteiger partial charge in [-0.3, -0.25) is 19.9 Å². The first-order chi connectivity index (χ1) is 12.0. The van der Waals surface area contributed by atoms with E-state index in [2.05, 4.69) is 10.3 Å². The SMILES string of the molecule is Cc1cc(N(C)CC(=O)N2CCNCC2)c2cc([N+](=O)[O-])ccc2n1. The van der Waals surface area contributed by atoms with Gasteiger partial charge in [0.25, 0.3) is 5.69 Å². The number of benzene rings is 1. The highest BCUT2D eigenvalue weighted by molar-refractivity contribution is 5.95. The lowest BCUT2D eigenvalue weighted by atomic mass is 10.1. The minimum atomic E-state index is -0.422. The number of non-ortho nitro benzene ring substituents is 1. The number of nitrogens with one attached hydrogen (secondary N) is 1. The van der Waals surface area contributed by atoms with Crippen LogP contribution in [-0.4, -0.2) is 60.5 Å². The fraction of sp³-hybridized carbons (Fsp3) is 0.412. The summed E-state index contributed by atoms with van der Waals surface area (Å²) in [7, 11) is 1.83. The molecule has 3 rings (SSSR count). The number of rotatable bonds is 4. The molecule has 1 aliphatic rings. The number of aryl methyl sites for hydroxylation is 1. The van der Waals surface area contributed by atoms with Gasteiger partial charge in [-0.05, 0) is 19.1 Å². The molecular formula is C17H21N5O3. The molecular weight excluding hydrogens is 322 g/mol. The topological polar surface area (TPSA) is 91.6 Å². The Balaban J connectivity index is 1.91. The third kappa shape index (κ3) is 3.69. The van der Waals surface area contributed by atoms with Crippen molar-refractivity contribution in [1.29, 1.82) is 0 Å². The largest absolute Gasteiger partial charge is 0.365 e. The van der Waals surface area contributed by atoms with Gasteiger partial charge in [0.1, 0.15) is 0 Å². The first kappa shape index (κ1) is 17.1. The van der Waals surface area contributed by atoms with Crippen LogP contribution in [0.15, 0.2) is 24.3 Å². The third-order valence-electron chi connectivity index (χ3n) is 4.36. The quantitative estimate of drug-likeness (QED) is 0.665. The monoisotopic (exact) mass is 343 g/mol. The molecule has 1 saturated heterocycles. The second-order valence-corrected chi connectivity index (χ2v) is 6.23. The lowest BCUT2D eigenvalue weighted by Gasteiger charge is -2.30. The van der Waals surface area contributed by atoms with Crippen LogP contribution in [0.5, 0.6) is 0 Å². The molecule has 8 nitrogen and oxygen atoms in total. The van der Waals surface area contributed by atoms with Gasteiger partial charge in [0.05, 0.1) is 17.0 Å². The predicted molar refractivity (Wildman–Crippen MR) is 95.9 cm³/mol. The summed E-state index contributed by atoms with van der Waals surface area (Å²) in [5.41, 5.74) is 2.27. The second-order valence-electron chi connectivity index (χ2n) is 6.23. The Labute approximate surface area is 145 Å². The number of fused-ring (bicyclic) bond motifs is 1. The number of nitro groups is 1. The van der Waals surface area contributed by atoms with Gasteiger partial charge in [-0.15, -0.1) is 0 Å². The van der Waals surface area contributed by atoms with Crippen molar-refractivity contribution < 1.29 is 9.72 Å². The molecule has 132 valence electrons. The average molecular weight is 343 g/mol. The molecule has 1 amide bonds. The minimum absolute atomic E-state index is 0.0150. The molecule has 0 radical (unpaired) electrons. The van der Waals surface area contributed by atoms with Crippen LogP contribution >= 0.6 is 0 Å². The maximum absolute atomic E-state index is 12.5. The van der Waals surface area contributed by atoms with E-state index in [1.54, 1.807) is 6.07 Å². The van der Waals surface area contributed by atoms with E-state index in [9.17, 15) is 14.9 Å². The lowest BCUT2D eigenvalue weighted by Crippen LogP contribution is -2.49. The molecule has 1 fully saturated rings. The molecule has 25 heavy (non-hydrogen) atoms. The van der Waals surface area contributed by atoms with E-state index in [-0.39, 0.29) is 18.1 Å². The summed E-state index contributed by atoms with van der Waals surface area (Å²) in [6.45, 7) is 5.11. The molecule has 1 N–H and O–H groups in total. The van der Waals surface area contributed by atoms with Crippen LogP contribution in [0, 0.1) is 17.0 Å². The maximum atomic E-state index is 12.5. The highest BCUT2D eigenvalue weighted by Gasteiger charge is 2.20. The van der Waals surface area contributed by atoms with Gasteiger partial charge >= 0.3 is 0 Å². The summed E-state index contributed by atoms with van der Waals surface area (Å²) < 4.78 is 0. The molecule has 0 bridgehead atoms. The number of pyridine rings is 1. The maximum Gasteiger partial charge on any atom is 0.270 e. The first-order valence-electron chi connectivity index (χ1n) is 8.21. The summed E-state index contributed by atoms with van der Waals surface area (Å²) in [4.78, 5) is 31.3. The van der Waals surface area contributed by atoms with Gasteiger partial charge in [-0.25, -0.2) is 0 Å². The number of hydrogen-bond acceptors (Lipinski definition) is 6. The van der Waals surface area contributed by atoms with E-state index in [4.69, 9.17) is 0 Å². The summed E-state index contributed by atoms with van der Waals surface area (Å²) in [5, 5.41) is 15.0. The molecule has 0 aliphatic carbocycles. The molecule has 0 atom stereocenters. The van der Waals surface area contributed by atoms with E-state index < -0.39 is 4.92 Å². The predicted octanol–water partition coefficient (Wildman–Crippen LogP) is 1.32. The van der Waals surface area contributed by atoms with Gasteiger partial charge in [0.15, 0.2) is 0 Å². The molecule has 2 heterocycles.